The van der Waals surface area contributed by atoms with Crippen molar-refractivity contribution < 1.29 is 4.79 Å². The van der Waals surface area contributed by atoms with Gasteiger partial charge in [0.15, 0.2) is 0 Å². The lowest BCUT2D eigenvalue weighted by Gasteiger charge is -2.25. The molecule has 3 N–H and O–H groups in total. The Morgan fingerprint density at radius 3 is 2.19 bits per heavy atom. The molecule has 98 valence electrons. The van der Waals surface area contributed by atoms with Crippen molar-refractivity contribution in [3.05, 3.63) is 0 Å². The molecule has 3 nitrogen and oxygen atoms in total. The Labute approximate surface area is 106 Å². The quantitative estimate of drug-likeness (QED) is 0.760. The van der Waals surface area contributed by atoms with Crippen molar-refractivity contribution in [3.8, 4) is 0 Å². The Hall–Kier alpha value is -0.280. The number of carbonyl (C=O) groups is 1. The molecule has 0 aromatic heterocycles. The van der Waals surface area contributed by atoms with Crippen molar-refractivity contribution >= 4 is 18.3 Å². The molecule has 0 heterocycles. The first-order valence-electron chi connectivity index (χ1n) is 5.78. The number of nitrogens with two attached hydrogens (primary N) is 1. The number of hydrogen-bond acceptors (Lipinski definition) is 2. The van der Waals surface area contributed by atoms with E-state index in [4.69, 9.17) is 5.73 Å². The molecular weight excluding hydrogens is 224 g/mol. The summed E-state index contributed by atoms with van der Waals surface area (Å²) in [6, 6.07) is 0. The van der Waals surface area contributed by atoms with Crippen molar-refractivity contribution in [3.63, 3.8) is 0 Å². The van der Waals surface area contributed by atoms with Crippen LogP contribution in [0.4, 0.5) is 0 Å². The Morgan fingerprint density at radius 1 is 1.31 bits per heavy atom. The first kappa shape index (κ1) is 18.1. The van der Waals surface area contributed by atoms with Gasteiger partial charge in [-0.1, -0.05) is 20.8 Å². The highest BCUT2D eigenvalue weighted by atomic mass is 35.5. The molecule has 0 radical (unpaired) electrons. The van der Waals surface area contributed by atoms with Gasteiger partial charge in [-0.05, 0) is 32.1 Å². The maximum Gasteiger partial charge on any atom is 0.220 e. The fourth-order valence-corrected chi connectivity index (χ4v) is 1.68. The molecule has 1 amide bonds. The minimum Gasteiger partial charge on any atom is -0.350 e. The van der Waals surface area contributed by atoms with Crippen LogP contribution in [-0.4, -0.2) is 18.0 Å². The van der Waals surface area contributed by atoms with E-state index in [-0.39, 0.29) is 23.9 Å². The molecule has 0 saturated heterocycles. The number of amides is 1. The fourth-order valence-electron chi connectivity index (χ4n) is 1.68. The first-order valence-corrected chi connectivity index (χ1v) is 5.78. The van der Waals surface area contributed by atoms with Crippen LogP contribution in [0.2, 0.25) is 0 Å². The lowest BCUT2D eigenvalue weighted by molar-refractivity contribution is -0.123. The number of rotatable bonds is 6. The number of carbonyl (C=O) groups excluding carboxylic acids is 1. The molecule has 0 fully saturated rings. The van der Waals surface area contributed by atoms with E-state index in [0.29, 0.717) is 24.8 Å². The van der Waals surface area contributed by atoms with E-state index < -0.39 is 0 Å². The fraction of sp³-hybridized carbons (Fsp3) is 0.917. The largest absolute Gasteiger partial charge is 0.350 e. The summed E-state index contributed by atoms with van der Waals surface area (Å²) < 4.78 is 0. The van der Waals surface area contributed by atoms with Crippen molar-refractivity contribution in [2.75, 3.05) is 6.54 Å². The maximum atomic E-state index is 11.6. The topological polar surface area (TPSA) is 55.1 Å². The highest BCUT2D eigenvalue weighted by Crippen LogP contribution is 2.14. The van der Waals surface area contributed by atoms with Crippen LogP contribution in [0, 0.1) is 11.8 Å². The van der Waals surface area contributed by atoms with Crippen molar-refractivity contribution in [2.45, 2.75) is 53.0 Å². The van der Waals surface area contributed by atoms with Crippen LogP contribution in [0.5, 0.6) is 0 Å². The molecule has 0 aromatic carbocycles. The third kappa shape index (κ3) is 8.98. The standard InChI is InChI=1S/C12H26N2O.ClH/c1-9(2)6-10(3)7-11(15)14-12(4,5)8-13;/h9-10H,6-8,13H2,1-5H3,(H,14,15);1H. The van der Waals surface area contributed by atoms with Crippen LogP contribution in [-0.2, 0) is 4.79 Å². The molecule has 0 rings (SSSR count). The van der Waals surface area contributed by atoms with E-state index in [9.17, 15) is 4.79 Å². The van der Waals surface area contributed by atoms with Gasteiger partial charge in [0.05, 0.1) is 0 Å². The van der Waals surface area contributed by atoms with Crippen LogP contribution >= 0.6 is 12.4 Å². The average Bonchev–Trinajstić information content (AvgIpc) is 2.00. The highest BCUT2D eigenvalue weighted by molar-refractivity contribution is 5.85. The normalized spacial score (nSPS) is 13.2. The molecular formula is C12H27ClN2O. The van der Waals surface area contributed by atoms with Crippen molar-refractivity contribution in [1.29, 1.82) is 0 Å². The Balaban J connectivity index is 0. The second-order valence-electron chi connectivity index (χ2n) is 5.58. The van der Waals surface area contributed by atoms with Gasteiger partial charge in [-0.25, -0.2) is 0 Å². The third-order valence-corrected chi connectivity index (χ3v) is 2.40. The van der Waals surface area contributed by atoms with Crippen LogP contribution in [0.1, 0.15) is 47.5 Å². The van der Waals surface area contributed by atoms with Crippen LogP contribution in [0.3, 0.4) is 0 Å². The van der Waals surface area contributed by atoms with Crippen molar-refractivity contribution in [1.82, 2.24) is 5.32 Å². The third-order valence-electron chi connectivity index (χ3n) is 2.40. The monoisotopic (exact) mass is 250 g/mol. The highest BCUT2D eigenvalue weighted by Gasteiger charge is 2.19. The second kappa shape index (κ2) is 7.91. The molecule has 0 aromatic rings. The minimum atomic E-state index is -0.283. The predicted molar refractivity (Wildman–Crippen MR) is 71.8 cm³/mol. The summed E-state index contributed by atoms with van der Waals surface area (Å²) in [6.07, 6.45) is 1.69. The zero-order valence-corrected chi connectivity index (χ0v) is 12.0. The summed E-state index contributed by atoms with van der Waals surface area (Å²) in [4.78, 5) is 11.6. The van der Waals surface area contributed by atoms with E-state index in [1.807, 2.05) is 13.8 Å². The molecule has 0 saturated carbocycles. The molecule has 0 aliphatic carbocycles. The maximum absolute atomic E-state index is 11.6. The van der Waals surface area contributed by atoms with Gasteiger partial charge in [0, 0.05) is 18.5 Å². The number of halogens is 1. The van der Waals surface area contributed by atoms with Crippen LogP contribution in [0.25, 0.3) is 0 Å². The Kier molecular flexibility index (Phi) is 8.94. The van der Waals surface area contributed by atoms with E-state index in [1.54, 1.807) is 0 Å². The summed E-state index contributed by atoms with van der Waals surface area (Å²) in [5.74, 6) is 1.20. The summed E-state index contributed by atoms with van der Waals surface area (Å²) in [7, 11) is 0. The van der Waals surface area contributed by atoms with Crippen molar-refractivity contribution in [2.24, 2.45) is 17.6 Å². The van der Waals surface area contributed by atoms with Gasteiger partial charge >= 0.3 is 0 Å². The summed E-state index contributed by atoms with van der Waals surface area (Å²) in [5.41, 5.74) is 5.27. The molecule has 4 heteroatoms. The molecule has 0 aliphatic rings. The van der Waals surface area contributed by atoms with Gasteiger partial charge in [-0.2, -0.15) is 0 Å². The van der Waals surface area contributed by atoms with E-state index in [2.05, 4.69) is 26.1 Å². The van der Waals surface area contributed by atoms with Gasteiger partial charge in [-0.15, -0.1) is 12.4 Å². The molecule has 0 aliphatic heterocycles. The molecule has 1 unspecified atom stereocenters. The van der Waals surface area contributed by atoms with Gasteiger partial charge in [-0.3, -0.25) is 4.79 Å². The van der Waals surface area contributed by atoms with Gasteiger partial charge in [0.2, 0.25) is 5.91 Å². The minimum absolute atomic E-state index is 0. The summed E-state index contributed by atoms with van der Waals surface area (Å²) in [5, 5.41) is 2.95. The Bertz CT molecular complexity index is 205. The molecule has 16 heavy (non-hydrogen) atoms. The average molecular weight is 251 g/mol. The Morgan fingerprint density at radius 2 is 1.81 bits per heavy atom. The second-order valence-corrected chi connectivity index (χ2v) is 5.58. The first-order chi connectivity index (χ1) is 6.76. The number of hydrogen-bond donors (Lipinski definition) is 2. The lowest BCUT2D eigenvalue weighted by atomic mass is 9.95. The van der Waals surface area contributed by atoms with E-state index in [1.165, 1.54) is 0 Å². The van der Waals surface area contributed by atoms with E-state index >= 15 is 0 Å². The molecule has 0 bridgehead atoms. The zero-order chi connectivity index (χ0) is 12.1. The lowest BCUT2D eigenvalue weighted by Crippen LogP contribution is -2.49. The smallest absolute Gasteiger partial charge is 0.220 e. The van der Waals surface area contributed by atoms with Gasteiger partial charge in [0.25, 0.3) is 0 Å². The summed E-state index contributed by atoms with van der Waals surface area (Å²) >= 11 is 0. The van der Waals surface area contributed by atoms with Crippen LogP contribution in [0.15, 0.2) is 0 Å². The van der Waals surface area contributed by atoms with Crippen LogP contribution < -0.4 is 11.1 Å². The molecule has 0 spiro atoms. The van der Waals surface area contributed by atoms with Gasteiger partial charge < -0.3 is 11.1 Å². The number of nitrogens with one attached hydrogen (secondary N) is 1. The molecule has 1 atom stereocenters. The zero-order valence-electron chi connectivity index (χ0n) is 11.2. The predicted octanol–water partition coefficient (Wildman–Crippen LogP) is 2.33. The summed E-state index contributed by atoms with van der Waals surface area (Å²) in [6.45, 7) is 10.8. The van der Waals surface area contributed by atoms with Gasteiger partial charge in [0.1, 0.15) is 0 Å². The van der Waals surface area contributed by atoms with E-state index in [0.717, 1.165) is 6.42 Å². The SMILES string of the molecule is CC(C)CC(C)CC(=O)NC(C)(C)CN.Cl.